The number of carbonyl (C=O) groups is 4. The van der Waals surface area contributed by atoms with Gasteiger partial charge in [-0.1, -0.05) is 24.3 Å². The summed E-state index contributed by atoms with van der Waals surface area (Å²) in [6, 6.07) is 5.84. The molecule has 0 radical (unpaired) electrons. The summed E-state index contributed by atoms with van der Waals surface area (Å²) in [4.78, 5) is 48.3. The molecule has 0 saturated heterocycles. The molecule has 126 valence electrons. The Morgan fingerprint density at radius 2 is 1.75 bits per heavy atom. The van der Waals surface area contributed by atoms with Gasteiger partial charge in [0.25, 0.3) is 0 Å². The number of nitrogens with one attached hydrogen (secondary N) is 1. The van der Waals surface area contributed by atoms with E-state index in [9.17, 15) is 19.2 Å². The maximum Gasteiger partial charge on any atom is 0.328 e. The van der Waals surface area contributed by atoms with Crippen LogP contribution >= 0.6 is 11.8 Å². The molecule has 2 rings (SSSR count). The molecule has 0 saturated carbocycles. The fourth-order valence-electron chi connectivity index (χ4n) is 2.31. The molecular formula is C17H17NO5S. The molecule has 0 unspecified atom stereocenters. The number of ketones is 2. The normalized spacial score (nSPS) is 15.0. The van der Waals surface area contributed by atoms with E-state index in [0.29, 0.717) is 16.7 Å². The summed E-state index contributed by atoms with van der Waals surface area (Å²) in [5, 5.41) is 2.48. The highest BCUT2D eigenvalue weighted by Gasteiger charge is 2.30. The minimum absolute atomic E-state index is 0.0742. The predicted octanol–water partition coefficient (Wildman–Crippen LogP) is 1.75. The van der Waals surface area contributed by atoms with E-state index in [1.54, 1.807) is 31.2 Å². The highest BCUT2D eigenvalue weighted by molar-refractivity contribution is 8.04. The standard InChI is InChI=1S/C17H17NO5S/c1-9-14(20)11-6-4-5-7-12(11)15(21)16(9)24-8-13(19)18-10(2)17(22)23-3/h4-7,10H,8H2,1-3H3,(H,18,19)/t10-/m0/s1. The summed E-state index contributed by atoms with van der Waals surface area (Å²) in [6.07, 6.45) is 0. The maximum absolute atomic E-state index is 12.5. The molecule has 1 N–H and O–H groups in total. The molecule has 24 heavy (non-hydrogen) atoms. The lowest BCUT2D eigenvalue weighted by atomic mass is 9.90. The Hall–Kier alpha value is -2.41. The SMILES string of the molecule is COC(=O)[C@H](C)NC(=O)CSC1=C(C)C(=O)c2ccccc2C1=O. The van der Waals surface area contributed by atoms with Crippen molar-refractivity contribution in [1.29, 1.82) is 0 Å². The number of ether oxygens (including phenoxy) is 1. The van der Waals surface area contributed by atoms with E-state index in [4.69, 9.17) is 0 Å². The number of fused-ring (bicyclic) bond motifs is 1. The van der Waals surface area contributed by atoms with Crippen LogP contribution in [0.2, 0.25) is 0 Å². The molecule has 0 heterocycles. The van der Waals surface area contributed by atoms with E-state index >= 15 is 0 Å². The van der Waals surface area contributed by atoms with E-state index < -0.39 is 17.9 Å². The molecule has 1 amide bonds. The number of Topliss-reactive ketones (excluding diaryl/α,β-unsaturated/α-hetero) is 2. The average Bonchev–Trinajstić information content (AvgIpc) is 2.58. The molecule has 1 aliphatic rings. The Kier molecular flexibility index (Phi) is 5.56. The smallest absolute Gasteiger partial charge is 0.328 e. The number of carbonyl (C=O) groups excluding carboxylic acids is 4. The first-order valence-corrected chi connectivity index (χ1v) is 8.24. The van der Waals surface area contributed by atoms with Gasteiger partial charge in [-0.25, -0.2) is 4.79 Å². The zero-order valence-corrected chi connectivity index (χ0v) is 14.4. The Morgan fingerprint density at radius 1 is 1.17 bits per heavy atom. The molecule has 0 spiro atoms. The fourth-order valence-corrected chi connectivity index (χ4v) is 3.22. The van der Waals surface area contributed by atoms with E-state index in [1.807, 2.05) is 0 Å². The number of methoxy groups -OCH3 is 1. The first kappa shape index (κ1) is 17.9. The molecule has 0 aliphatic heterocycles. The third-order valence-corrected chi connectivity index (χ3v) is 4.77. The molecule has 0 aromatic heterocycles. The van der Waals surface area contributed by atoms with E-state index in [1.165, 1.54) is 14.0 Å². The summed E-state index contributed by atoms with van der Waals surface area (Å²) >= 11 is 0.995. The number of allylic oxidation sites excluding steroid dienone is 2. The van der Waals surface area contributed by atoms with E-state index in [0.717, 1.165) is 11.8 Å². The third-order valence-electron chi connectivity index (χ3n) is 3.58. The fraction of sp³-hybridized carbons (Fsp3) is 0.294. The van der Waals surface area contributed by atoms with Crippen LogP contribution in [0.5, 0.6) is 0 Å². The van der Waals surface area contributed by atoms with Crippen molar-refractivity contribution in [2.45, 2.75) is 19.9 Å². The van der Waals surface area contributed by atoms with Gasteiger partial charge < -0.3 is 10.1 Å². The van der Waals surface area contributed by atoms with E-state index in [2.05, 4.69) is 10.1 Å². The Balaban J connectivity index is 2.09. The lowest BCUT2D eigenvalue weighted by molar-refractivity contribution is -0.144. The minimum Gasteiger partial charge on any atom is -0.467 e. The van der Waals surface area contributed by atoms with Crippen LogP contribution in [0.25, 0.3) is 0 Å². The molecule has 1 aromatic carbocycles. The number of rotatable bonds is 5. The first-order valence-electron chi connectivity index (χ1n) is 7.26. The number of hydrogen-bond donors (Lipinski definition) is 1. The van der Waals surface area contributed by atoms with Gasteiger partial charge in [0.15, 0.2) is 5.78 Å². The second kappa shape index (κ2) is 7.44. The maximum atomic E-state index is 12.5. The van der Waals surface area contributed by atoms with Crippen LogP contribution in [0.4, 0.5) is 0 Å². The topological polar surface area (TPSA) is 89.5 Å². The van der Waals surface area contributed by atoms with Gasteiger partial charge in [-0.2, -0.15) is 0 Å². The summed E-state index contributed by atoms with van der Waals surface area (Å²) < 4.78 is 4.53. The van der Waals surface area contributed by atoms with Crippen LogP contribution < -0.4 is 5.32 Å². The minimum atomic E-state index is -0.775. The molecule has 7 heteroatoms. The van der Waals surface area contributed by atoms with Gasteiger partial charge in [0, 0.05) is 16.7 Å². The molecule has 1 aliphatic carbocycles. The summed E-state index contributed by atoms with van der Waals surface area (Å²) in [7, 11) is 1.23. The van der Waals surface area contributed by atoms with Crippen LogP contribution in [0.1, 0.15) is 34.6 Å². The lowest BCUT2D eigenvalue weighted by Gasteiger charge is -2.18. The zero-order chi connectivity index (χ0) is 17.9. The molecule has 0 bridgehead atoms. The molecule has 0 fully saturated rings. The van der Waals surface area contributed by atoms with Crippen LogP contribution in [-0.4, -0.2) is 42.3 Å². The first-order chi connectivity index (χ1) is 11.4. The Labute approximate surface area is 143 Å². The number of amides is 1. The van der Waals surface area contributed by atoms with Gasteiger partial charge in [-0.3, -0.25) is 14.4 Å². The second-order valence-electron chi connectivity index (χ2n) is 5.26. The predicted molar refractivity (Wildman–Crippen MR) is 89.9 cm³/mol. The number of hydrogen-bond acceptors (Lipinski definition) is 6. The lowest BCUT2D eigenvalue weighted by Crippen LogP contribution is -2.40. The number of thioether (sulfide) groups is 1. The van der Waals surface area contributed by atoms with Crippen LogP contribution in [0.15, 0.2) is 34.7 Å². The quantitative estimate of drug-likeness (QED) is 0.816. The van der Waals surface area contributed by atoms with Crippen LogP contribution in [0.3, 0.4) is 0 Å². The van der Waals surface area contributed by atoms with Gasteiger partial charge >= 0.3 is 5.97 Å². The molecule has 1 atom stereocenters. The highest BCUT2D eigenvalue weighted by Crippen LogP contribution is 2.32. The largest absolute Gasteiger partial charge is 0.467 e. The highest BCUT2D eigenvalue weighted by atomic mass is 32.2. The van der Waals surface area contributed by atoms with Crippen LogP contribution in [0, 0.1) is 0 Å². The average molecular weight is 347 g/mol. The third kappa shape index (κ3) is 3.56. The van der Waals surface area contributed by atoms with Gasteiger partial charge in [0.05, 0.1) is 17.8 Å². The monoisotopic (exact) mass is 347 g/mol. The van der Waals surface area contributed by atoms with Crippen molar-refractivity contribution >= 4 is 35.2 Å². The van der Waals surface area contributed by atoms with Crippen molar-refractivity contribution in [3.8, 4) is 0 Å². The van der Waals surface area contributed by atoms with Gasteiger partial charge in [0.2, 0.25) is 11.7 Å². The van der Waals surface area contributed by atoms with Gasteiger partial charge in [-0.15, -0.1) is 11.8 Å². The second-order valence-corrected chi connectivity index (χ2v) is 6.24. The van der Waals surface area contributed by atoms with Crippen molar-refractivity contribution in [3.63, 3.8) is 0 Å². The van der Waals surface area contributed by atoms with Crippen molar-refractivity contribution in [2.24, 2.45) is 0 Å². The Bertz CT molecular complexity index is 753. The van der Waals surface area contributed by atoms with Gasteiger partial charge in [-0.05, 0) is 13.8 Å². The van der Waals surface area contributed by atoms with Crippen molar-refractivity contribution in [1.82, 2.24) is 5.32 Å². The molecule has 1 aromatic rings. The Morgan fingerprint density at radius 3 is 2.33 bits per heavy atom. The van der Waals surface area contributed by atoms with Crippen molar-refractivity contribution in [2.75, 3.05) is 12.9 Å². The molecular weight excluding hydrogens is 330 g/mol. The summed E-state index contributed by atoms with van der Waals surface area (Å²) in [6.45, 7) is 3.08. The van der Waals surface area contributed by atoms with Crippen LogP contribution in [-0.2, 0) is 14.3 Å². The molecule has 6 nitrogen and oxygen atoms in total. The summed E-state index contributed by atoms with van der Waals surface area (Å²) in [5.74, 6) is -1.52. The van der Waals surface area contributed by atoms with Gasteiger partial charge in [0.1, 0.15) is 6.04 Å². The summed E-state index contributed by atoms with van der Waals surface area (Å²) in [5.41, 5.74) is 1.06. The van der Waals surface area contributed by atoms with E-state index in [-0.39, 0.29) is 22.2 Å². The number of benzene rings is 1. The van der Waals surface area contributed by atoms with Crippen molar-refractivity contribution in [3.05, 3.63) is 45.9 Å². The number of esters is 1. The van der Waals surface area contributed by atoms with Crippen molar-refractivity contribution < 1.29 is 23.9 Å². The zero-order valence-electron chi connectivity index (χ0n) is 13.5.